The second-order valence-electron chi connectivity index (χ2n) is 8.30. The van der Waals surface area contributed by atoms with Gasteiger partial charge < -0.3 is 5.32 Å². The lowest BCUT2D eigenvalue weighted by Crippen LogP contribution is -2.50. The highest BCUT2D eigenvalue weighted by Gasteiger charge is 2.23. The Morgan fingerprint density at radius 3 is 2.82 bits per heavy atom. The molecule has 2 heterocycles. The first-order valence-corrected chi connectivity index (χ1v) is 12.5. The lowest BCUT2D eigenvalue weighted by atomic mass is 10.0. The standard InChI is InChI=1S/C22H32N8O2S/c1-16-17(6-4-8-21(16)28-33(31,32)30(23-2)24-3)14-29-11-5-7-20(15-29)26-19-9-10-22-18(12-19)13-25-27-22/h4,6,8-10,12-13,20,23-24,26,28H,5,7,11,14-15H2,1-3H3,(H,25,27)/t20-/m0/s1. The Bertz CT molecular complexity index is 1190. The highest BCUT2D eigenvalue weighted by Crippen LogP contribution is 2.25. The van der Waals surface area contributed by atoms with E-state index in [0.29, 0.717) is 11.7 Å². The van der Waals surface area contributed by atoms with Crippen molar-refractivity contribution < 1.29 is 8.42 Å². The highest BCUT2D eigenvalue weighted by atomic mass is 32.2. The molecule has 0 unspecified atom stereocenters. The fraction of sp³-hybridized carbons (Fsp3) is 0.409. The molecule has 33 heavy (non-hydrogen) atoms. The fourth-order valence-electron chi connectivity index (χ4n) is 4.33. The van der Waals surface area contributed by atoms with E-state index in [1.165, 1.54) is 14.1 Å². The molecule has 0 aliphatic carbocycles. The number of nitrogens with zero attached hydrogens (tertiary/aromatic N) is 3. The molecule has 0 radical (unpaired) electrons. The van der Waals surface area contributed by atoms with Gasteiger partial charge in [0.2, 0.25) is 0 Å². The van der Waals surface area contributed by atoms with Crippen LogP contribution in [0.4, 0.5) is 11.4 Å². The van der Waals surface area contributed by atoms with Gasteiger partial charge in [-0.25, -0.2) is 10.9 Å². The van der Waals surface area contributed by atoms with Crippen molar-refractivity contribution in [1.82, 2.24) is 30.5 Å². The van der Waals surface area contributed by atoms with Crippen LogP contribution in [-0.4, -0.2) is 61.3 Å². The SMILES string of the molecule is CNN(NC)S(=O)(=O)Nc1cccc(CN2CCC[C@H](Nc3ccc4[nH]ncc4c3)C2)c1C. The number of fused-ring (bicyclic) bond motifs is 1. The molecule has 178 valence electrons. The second-order valence-corrected chi connectivity index (χ2v) is 9.82. The van der Waals surface area contributed by atoms with Gasteiger partial charge in [0.05, 0.1) is 17.4 Å². The summed E-state index contributed by atoms with van der Waals surface area (Å²) in [7, 11) is -0.702. The summed E-state index contributed by atoms with van der Waals surface area (Å²) in [6, 6.07) is 12.3. The van der Waals surface area contributed by atoms with Crippen LogP contribution in [0.5, 0.6) is 0 Å². The van der Waals surface area contributed by atoms with Crippen LogP contribution in [0.3, 0.4) is 0 Å². The molecule has 0 amide bonds. The van der Waals surface area contributed by atoms with E-state index in [2.05, 4.69) is 54.2 Å². The molecule has 10 nitrogen and oxygen atoms in total. The van der Waals surface area contributed by atoms with Crippen molar-refractivity contribution in [1.29, 1.82) is 0 Å². The van der Waals surface area contributed by atoms with Gasteiger partial charge in [0, 0.05) is 44.3 Å². The Hall–Kier alpha value is -2.70. The van der Waals surface area contributed by atoms with Crippen LogP contribution in [0.2, 0.25) is 0 Å². The Kier molecular flexibility index (Phi) is 7.15. The smallest absolute Gasteiger partial charge is 0.328 e. The molecule has 1 aliphatic heterocycles. The number of hydrogen-bond acceptors (Lipinski definition) is 7. The van der Waals surface area contributed by atoms with Crippen LogP contribution in [0.25, 0.3) is 10.9 Å². The number of aromatic nitrogens is 2. The number of likely N-dealkylation sites (tertiary alicyclic amines) is 1. The van der Waals surface area contributed by atoms with Crippen LogP contribution in [0.1, 0.15) is 24.0 Å². The number of benzene rings is 2. The van der Waals surface area contributed by atoms with Gasteiger partial charge in [-0.05, 0) is 61.7 Å². The second kappa shape index (κ2) is 10.1. The Morgan fingerprint density at radius 2 is 2.03 bits per heavy atom. The zero-order chi connectivity index (χ0) is 23.4. The van der Waals surface area contributed by atoms with E-state index in [-0.39, 0.29) is 0 Å². The number of piperidine rings is 1. The number of nitrogens with one attached hydrogen (secondary N) is 5. The molecule has 0 saturated carbocycles. The molecule has 1 fully saturated rings. The topological polar surface area (TPSA) is 117 Å². The molecule has 0 bridgehead atoms. The van der Waals surface area contributed by atoms with Crippen LogP contribution in [0.15, 0.2) is 42.6 Å². The van der Waals surface area contributed by atoms with Gasteiger partial charge in [0.15, 0.2) is 0 Å². The largest absolute Gasteiger partial charge is 0.381 e. The number of anilines is 2. The summed E-state index contributed by atoms with van der Waals surface area (Å²) in [5, 5.41) is 11.8. The van der Waals surface area contributed by atoms with Crippen LogP contribution in [0, 0.1) is 6.92 Å². The van der Waals surface area contributed by atoms with E-state index in [4.69, 9.17) is 0 Å². The fourth-order valence-corrected chi connectivity index (χ4v) is 5.40. The summed E-state index contributed by atoms with van der Waals surface area (Å²) in [6.45, 7) is 4.66. The third-order valence-electron chi connectivity index (χ3n) is 6.04. The molecule has 0 spiro atoms. The van der Waals surface area contributed by atoms with Crippen LogP contribution < -0.4 is 20.9 Å². The van der Waals surface area contributed by atoms with Crippen molar-refractivity contribution in [2.45, 2.75) is 32.4 Å². The molecule has 1 aliphatic rings. The monoisotopic (exact) mass is 472 g/mol. The first kappa shape index (κ1) is 23.5. The van der Waals surface area contributed by atoms with Crippen LogP contribution >= 0.6 is 0 Å². The normalized spacial score (nSPS) is 17.5. The number of rotatable bonds is 9. The van der Waals surface area contributed by atoms with Crippen LogP contribution in [-0.2, 0) is 16.8 Å². The quantitative estimate of drug-likeness (QED) is 0.303. The maximum atomic E-state index is 12.6. The Morgan fingerprint density at radius 1 is 1.21 bits per heavy atom. The average Bonchev–Trinajstić information content (AvgIpc) is 3.25. The van der Waals surface area contributed by atoms with Gasteiger partial charge in [-0.1, -0.05) is 16.7 Å². The maximum absolute atomic E-state index is 12.6. The minimum atomic E-state index is -3.77. The molecule has 1 aromatic heterocycles. The van der Waals surface area contributed by atoms with E-state index < -0.39 is 10.2 Å². The first-order chi connectivity index (χ1) is 15.9. The van der Waals surface area contributed by atoms with Gasteiger partial charge >= 0.3 is 10.2 Å². The van der Waals surface area contributed by atoms with E-state index >= 15 is 0 Å². The van der Waals surface area contributed by atoms with E-state index in [1.807, 2.05) is 25.3 Å². The molecule has 1 saturated heterocycles. The third kappa shape index (κ3) is 5.45. The summed E-state index contributed by atoms with van der Waals surface area (Å²) in [6.07, 6.45) is 4.06. The number of H-pyrrole nitrogens is 1. The number of aromatic amines is 1. The predicted molar refractivity (Wildman–Crippen MR) is 132 cm³/mol. The molecule has 5 N–H and O–H groups in total. The average molecular weight is 473 g/mol. The van der Waals surface area contributed by atoms with Crippen molar-refractivity contribution in [3.05, 3.63) is 53.7 Å². The molecular formula is C22H32N8O2S. The maximum Gasteiger partial charge on any atom is 0.328 e. The van der Waals surface area contributed by atoms with Crippen molar-refractivity contribution in [2.24, 2.45) is 0 Å². The summed E-state index contributed by atoms with van der Waals surface area (Å²) in [5.74, 6) is 0. The van der Waals surface area contributed by atoms with Gasteiger partial charge in [-0.15, -0.1) is 0 Å². The molecule has 3 aromatic rings. The van der Waals surface area contributed by atoms with Gasteiger partial charge in [-0.3, -0.25) is 14.7 Å². The number of hydrazine groups is 2. The highest BCUT2D eigenvalue weighted by molar-refractivity contribution is 7.90. The Balaban J connectivity index is 1.42. The van der Waals surface area contributed by atoms with Crippen molar-refractivity contribution in [3.63, 3.8) is 0 Å². The first-order valence-electron chi connectivity index (χ1n) is 11.1. The summed E-state index contributed by atoms with van der Waals surface area (Å²) in [4.78, 5) is 2.42. The predicted octanol–water partition coefficient (Wildman–Crippen LogP) is 2.18. The van der Waals surface area contributed by atoms with Gasteiger partial charge in [0.25, 0.3) is 0 Å². The summed E-state index contributed by atoms with van der Waals surface area (Å²) in [5.41, 5.74) is 9.93. The van der Waals surface area contributed by atoms with Gasteiger partial charge in [0.1, 0.15) is 0 Å². The zero-order valence-corrected chi connectivity index (χ0v) is 20.0. The Labute approximate surface area is 194 Å². The molecule has 11 heteroatoms. The van der Waals surface area contributed by atoms with E-state index in [9.17, 15) is 8.42 Å². The zero-order valence-electron chi connectivity index (χ0n) is 19.2. The summed E-state index contributed by atoms with van der Waals surface area (Å²) >= 11 is 0. The van der Waals surface area contributed by atoms with E-state index in [0.717, 1.165) is 64.7 Å². The molecule has 2 aromatic carbocycles. The third-order valence-corrected chi connectivity index (χ3v) is 7.37. The molecule has 1 atom stereocenters. The lowest BCUT2D eigenvalue weighted by molar-refractivity contribution is 0.208. The van der Waals surface area contributed by atoms with Crippen molar-refractivity contribution in [2.75, 3.05) is 37.2 Å². The van der Waals surface area contributed by atoms with Gasteiger partial charge in [-0.2, -0.15) is 13.5 Å². The minimum absolute atomic E-state index is 0.352. The van der Waals surface area contributed by atoms with Crippen molar-refractivity contribution >= 4 is 32.5 Å². The molecule has 4 rings (SSSR count). The van der Waals surface area contributed by atoms with E-state index in [1.54, 1.807) is 6.07 Å². The lowest BCUT2D eigenvalue weighted by Gasteiger charge is -2.34. The minimum Gasteiger partial charge on any atom is -0.381 e. The number of hydrogen-bond donors (Lipinski definition) is 5. The summed E-state index contributed by atoms with van der Waals surface area (Å²) < 4.78 is 28.7. The molecular weight excluding hydrogens is 440 g/mol. The van der Waals surface area contributed by atoms with Crippen molar-refractivity contribution in [3.8, 4) is 0 Å².